The molecular weight excluding hydrogens is 348 g/mol. The predicted octanol–water partition coefficient (Wildman–Crippen LogP) is 1.73. The van der Waals surface area contributed by atoms with Crippen LogP contribution in [0.2, 0.25) is 0 Å². The van der Waals surface area contributed by atoms with E-state index in [1.165, 1.54) is 19.3 Å². The van der Waals surface area contributed by atoms with E-state index in [1.807, 2.05) is 13.8 Å². The second-order valence-electron chi connectivity index (χ2n) is 9.02. The highest BCUT2D eigenvalue weighted by Crippen LogP contribution is 2.34. The topological polar surface area (TPSA) is 96.9 Å². The Morgan fingerprint density at radius 1 is 1.11 bits per heavy atom. The van der Waals surface area contributed by atoms with Gasteiger partial charge in [-0.15, -0.1) is 0 Å². The number of rotatable bonds is 7. The van der Waals surface area contributed by atoms with Crippen molar-refractivity contribution in [1.82, 2.24) is 10.6 Å². The van der Waals surface area contributed by atoms with Crippen LogP contribution in [-0.2, 0) is 19.1 Å². The van der Waals surface area contributed by atoms with Crippen LogP contribution in [0.5, 0.6) is 0 Å². The van der Waals surface area contributed by atoms with Crippen LogP contribution in [0, 0.1) is 11.3 Å². The molecule has 0 aromatic rings. The Morgan fingerprint density at radius 2 is 1.78 bits per heavy atom. The van der Waals surface area contributed by atoms with Gasteiger partial charge in [-0.25, -0.2) is 0 Å². The Kier molecular flexibility index (Phi) is 7.65. The van der Waals surface area contributed by atoms with E-state index in [0.29, 0.717) is 19.1 Å². The fraction of sp³-hybridized carbons (Fsp3) is 0.900. The first-order valence-corrected chi connectivity index (χ1v) is 10.2. The molecule has 156 valence electrons. The summed E-state index contributed by atoms with van der Waals surface area (Å²) in [5.41, 5.74) is -0.449. The number of ether oxygens (including phenoxy) is 2. The standard InChI is InChI=1S/C20H36N2O5/c1-19(2)13-26-20(3,4)27-16(19)18(25)21-11-10-15(23)17(24)22-12-14-8-6-5-7-9-14/h14-16,23H,5-13H2,1-4H3,(H,21,25)(H,22,24)/t15-,16-/m0/s1. The zero-order chi connectivity index (χ0) is 20.1. The predicted molar refractivity (Wildman–Crippen MR) is 102 cm³/mol. The first kappa shape index (κ1) is 22.1. The van der Waals surface area contributed by atoms with Crippen LogP contribution >= 0.6 is 0 Å². The molecule has 0 spiro atoms. The molecule has 0 bridgehead atoms. The van der Waals surface area contributed by atoms with Gasteiger partial charge in [-0.2, -0.15) is 0 Å². The number of hydrogen-bond donors (Lipinski definition) is 3. The maximum Gasteiger partial charge on any atom is 0.249 e. The summed E-state index contributed by atoms with van der Waals surface area (Å²) in [7, 11) is 0. The lowest BCUT2D eigenvalue weighted by molar-refractivity contribution is -0.304. The van der Waals surface area contributed by atoms with Crippen LogP contribution < -0.4 is 10.6 Å². The Morgan fingerprint density at radius 3 is 2.44 bits per heavy atom. The molecule has 0 radical (unpaired) electrons. The third-order valence-corrected chi connectivity index (χ3v) is 5.45. The van der Waals surface area contributed by atoms with Gasteiger partial charge < -0.3 is 25.2 Å². The molecule has 3 N–H and O–H groups in total. The first-order chi connectivity index (χ1) is 12.6. The molecular formula is C20H36N2O5. The molecule has 2 amide bonds. The number of nitrogens with one attached hydrogen (secondary N) is 2. The second-order valence-corrected chi connectivity index (χ2v) is 9.02. The fourth-order valence-corrected chi connectivity index (χ4v) is 3.63. The number of amides is 2. The summed E-state index contributed by atoms with van der Waals surface area (Å²) in [6.07, 6.45) is 4.42. The molecule has 1 heterocycles. The number of aliphatic hydroxyl groups excluding tert-OH is 1. The van der Waals surface area contributed by atoms with Crippen molar-refractivity contribution in [2.45, 2.75) is 84.2 Å². The van der Waals surface area contributed by atoms with Crippen LogP contribution in [0.3, 0.4) is 0 Å². The van der Waals surface area contributed by atoms with E-state index in [4.69, 9.17) is 9.47 Å². The highest BCUT2D eigenvalue weighted by atomic mass is 16.7. The first-order valence-electron chi connectivity index (χ1n) is 10.2. The molecule has 1 saturated heterocycles. The average Bonchev–Trinajstić information content (AvgIpc) is 2.62. The van der Waals surface area contributed by atoms with Gasteiger partial charge in [0.15, 0.2) is 5.79 Å². The van der Waals surface area contributed by atoms with E-state index in [1.54, 1.807) is 13.8 Å². The van der Waals surface area contributed by atoms with Gasteiger partial charge in [0.25, 0.3) is 0 Å². The lowest BCUT2D eigenvalue weighted by Gasteiger charge is -2.44. The smallest absolute Gasteiger partial charge is 0.249 e. The lowest BCUT2D eigenvalue weighted by atomic mass is 9.85. The molecule has 2 fully saturated rings. The molecule has 7 heteroatoms. The van der Waals surface area contributed by atoms with Crippen LogP contribution in [0.1, 0.15) is 66.2 Å². The van der Waals surface area contributed by atoms with Crippen molar-refractivity contribution in [1.29, 1.82) is 0 Å². The van der Waals surface area contributed by atoms with E-state index in [2.05, 4.69) is 10.6 Å². The lowest BCUT2D eigenvalue weighted by Crippen LogP contribution is -2.56. The third kappa shape index (κ3) is 6.73. The minimum Gasteiger partial charge on any atom is -0.383 e. The Hall–Kier alpha value is -1.18. The number of carbonyl (C=O) groups is 2. The molecule has 2 atom stereocenters. The van der Waals surface area contributed by atoms with Gasteiger partial charge in [-0.1, -0.05) is 33.1 Å². The zero-order valence-corrected chi connectivity index (χ0v) is 17.2. The van der Waals surface area contributed by atoms with Gasteiger partial charge >= 0.3 is 0 Å². The minimum absolute atomic E-state index is 0.176. The number of hydrogen-bond acceptors (Lipinski definition) is 5. The summed E-state index contributed by atoms with van der Waals surface area (Å²) in [5.74, 6) is -0.897. The van der Waals surface area contributed by atoms with Crippen molar-refractivity contribution >= 4 is 11.8 Å². The van der Waals surface area contributed by atoms with E-state index in [0.717, 1.165) is 12.8 Å². The Bertz CT molecular complexity index is 515. The SMILES string of the molecule is CC1(C)OCC(C)(C)[C@H](C(=O)NCC[C@H](O)C(=O)NCC2CCCCC2)O1. The molecule has 0 aromatic carbocycles. The van der Waals surface area contributed by atoms with Crippen molar-refractivity contribution in [2.24, 2.45) is 11.3 Å². The van der Waals surface area contributed by atoms with Gasteiger partial charge in [-0.05, 0) is 39.0 Å². The second kappa shape index (κ2) is 9.34. The molecule has 1 saturated carbocycles. The van der Waals surface area contributed by atoms with Crippen molar-refractivity contribution in [3.63, 3.8) is 0 Å². The molecule has 0 aromatic heterocycles. The van der Waals surface area contributed by atoms with Gasteiger partial charge in [-0.3, -0.25) is 9.59 Å². The third-order valence-electron chi connectivity index (χ3n) is 5.45. The van der Waals surface area contributed by atoms with E-state index >= 15 is 0 Å². The van der Waals surface area contributed by atoms with Crippen molar-refractivity contribution in [2.75, 3.05) is 19.7 Å². The summed E-state index contributed by atoms with van der Waals surface area (Å²) >= 11 is 0. The highest BCUT2D eigenvalue weighted by molar-refractivity contribution is 5.82. The average molecular weight is 385 g/mol. The van der Waals surface area contributed by atoms with Gasteiger partial charge in [0, 0.05) is 18.5 Å². The van der Waals surface area contributed by atoms with Gasteiger partial charge in [0.2, 0.25) is 11.8 Å². The van der Waals surface area contributed by atoms with Crippen molar-refractivity contribution in [3.8, 4) is 0 Å². The van der Waals surface area contributed by atoms with E-state index in [-0.39, 0.29) is 24.8 Å². The quantitative estimate of drug-likeness (QED) is 0.621. The fourth-order valence-electron chi connectivity index (χ4n) is 3.63. The van der Waals surface area contributed by atoms with Crippen LogP contribution in [0.25, 0.3) is 0 Å². The molecule has 2 rings (SSSR count). The van der Waals surface area contributed by atoms with Crippen LogP contribution in [0.4, 0.5) is 0 Å². The highest BCUT2D eigenvalue weighted by Gasteiger charge is 2.45. The molecule has 0 unspecified atom stereocenters. The minimum atomic E-state index is -1.12. The number of aliphatic hydroxyl groups is 1. The summed E-state index contributed by atoms with van der Waals surface area (Å²) in [5, 5.41) is 15.7. The monoisotopic (exact) mass is 384 g/mol. The number of carbonyl (C=O) groups excluding carboxylic acids is 2. The van der Waals surface area contributed by atoms with Crippen LogP contribution in [-0.4, -0.2) is 54.6 Å². The van der Waals surface area contributed by atoms with Crippen molar-refractivity contribution in [3.05, 3.63) is 0 Å². The molecule has 27 heavy (non-hydrogen) atoms. The molecule has 1 aliphatic heterocycles. The zero-order valence-electron chi connectivity index (χ0n) is 17.2. The van der Waals surface area contributed by atoms with E-state index < -0.39 is 23.4 Å². The van der Waals surface area contributed by atoms with Gasteiger partial charge in [0.05, 0.1) is 6.61 Å². The molecule has 7 nitrogen and oxygen atoms in total. The normalized spacial score (nSPS) is 26.2. The summed E-state index contributed by atoms with van der Waals surface area (Å²) in [6.45, 7) is 8.66. The maximum atomic E-state index is 12.5. The van der Waals surface area contributed by atoms with Gasteiger partial charge in [0.1, 0.15) is 12.2 Å². The largest absolute Gasteiger partial charge is 0.383 e. The summed E-state index contributed by atoms with van der Waals surface area (Å²) in [4.78, 5) is 24.5. The van der Waals surface area contributed by atoms with E-state index in [9.17, 15) is 14.7 Å². The molecule has 2 aliphatic rings. The molecule has 1 aliphatic carbocycles. The van der Waals surface area contributed by atoms with Crippen molar-refractivity contribution < 1.29 is 24.2 Å². The Labute approximate surface area is 162 Å². The maximum absolute atomic E-state index is 12.5. The summed E-state index contributed by atoms with van der Waals surface area (Å²) < 4.78 is 11.4. The Balaban J connectivity index is 1.70. The summed E-state index contributed by atoms with van der Waals surface area (Å²) in [6, 6.07) is 0. The van der Waals surface area contributed by atoms with Crippen LogP contribution in [0.15, 0.2) is 0 Å².